The molecule has 0 atom stereocenters. The maximum atomic E-state index is 12.4. The second-order valence-electron chi connectivity index (χ2n) is 5.34. The Bertz CT molecular complexity index is 910. The lowest BCUT2D eigenvalue weighted by molar-refractivity contribution is 0.102. The van der Waals surface area contributed by atoms with Crippen LogP contribution in [-0.2, 0) is 0 Å². The number of carbonyl (C=O) groups excluding carboxylic acids is 1. The predicted molar refractivity (Wildman–Crippen MR) is 105 cm³/mol. The van der Waals surface area contributed by atoms with Gasteiger partial charge in [0.25, 0.3) is 5.91 Å². The van der Waals surface area contributed by atoms with E-state index < -0.39 is 0 Å². The smallest absolute Gasteiger partial charge is 0.257 e. The number of benzene rings is 2. The minimum atomic E-state index is -0.347. The summed E-state index contributed by atoms with van der Waals surface area (Å²) in [7, 11) is 1.61. The molecule has 3 rings (SSSR count). The number of nitrogens with zero attached hydrogens (tertiary/aromatic N) is 1. The number of hydrogen-bond acceptors (Lipinski definition) is 4. The van der Waals surface area contributed by atoms with E-state index in [0.717, 1.165) is 11.4 Å². The van der Waals surface area contributed by atoms with Gasteiger partial charge in [-0.15, -0.1) is 0 Å². The van der Waals surface area contributed by atoms with Gasteiger partial charge in [0.05, 0.1) is 28.4 Å². The zero-order valence-corrected chi connectivity index (χ0v) is 15.3. The van der Waals surface area contributed by atoms with Crippen LogP contribution >= 0.6 is 23.2 Å². The van der Waals surface area contributed by atoms with Crippen LogP contribution < -0.4 is 15.4 Å². The van der Waals surface area contributed by atoms with Crippen LogP contribution in [0.2, 0.25) is 10.0 Å². The molecule has 0 saturated heterocycles. The molecule has 1 heterocycles. The first-order valence-corrected chi connectivity index (χ1v) is 8.45. The standard InChI is InChI=1S/C19H15Cl2N3O2/c1-26-14-5-2-4-13(10-14)23-17-9-8-12(11-22-17)19(25)24-18-15(20)6-3-7-16(18)21/h2-11H,1H3,(H,22,23)(H,24,25). The van der Waals surface area contributed by atoms with E-state index in [1.807, 2.05) is 24.3 Å². The summed E-state index contributed by atoms with van der Waals surface area (Å²) in [6, 6.07) is 15.9. The van der Waals surface area contributed by atoms with Gasteiger partial charge in [0, 0.05) is 18.0 Å². The molecule has 2 aromatic carbocycles. The molecule has 0 radical (unpaired) electrons. The Morgan fingerprint density at radius 3 is 2.42 bits per heavy atom. The van der Waals surface area contributed by atoms with Crippen molar-refractivity contribution in [2.45, 2.75) is 0 Å². The Labute approximate surface area is 160 Å². The molecule has 2 N–H and O–H groups in total. The topological polar surface area (TPSA) is 63.2 Å². The van der Waals surface area contributed by atoms with Crippen LogP contribution in [0.1, 0.15) is 10.4 Å². The van der Waals surface area contributed by atoms with E-state index >= 15 is 0 Å². The number of anilines is 3. The van der Waals surface area contributed by atoms with Gasteiger partial charge in [-0.3, -0.25) is 4.79 Å². The van der Waals surface area contributed by atoms with Crippen LogP contribution in [0.4, 0.5) is 17.2 Å². The Kier molecular flexibility index (Phi) is 5.61. The molecule has 0 aliphatic rings. The van der Waals surface area contributed by atoms with Crippen LogP contribution in [0, 0.1) is 0 Å². The van der Waals surface area contributed by atoms with Gasteiger partial charge in [-0.05, 0) is 36.4 Å². The molecular formula is C19H15Cl2N3O2. The zero-order chi connectivity index (χ0) is 18.5. The number of nitrogens with one attached hydrogen (secondary N) is 2. The maximum Gasteiger partial charge on any atom is 0.257 e. The fourth-order valence-corrected chi connectivity index (χ4v) is 2.75. The summed E-state index contributed by atoms with van der Waals surface area (Å²) in [6.45, 7) is 0. The highest BCUT2D eigenvalue weighted by Gasteiger charge is 2.12. The van der Waals surface area contributed by atoms with Gasteiger partial charge < -0.3 is 15.4 Å². The first-order valence-electron chi connectivity index (χ1n) is 7.69. The quantitative estimate of drug-likeness (QED) is 0.615. The van der Waals surface area contributed by atoms with Crippen LogP contribution in [0.15, 0.2) is 60.8 Å². The summed E-state index contributed by atoms with van der Waals surface area (Å²) in [6.07, 6.45) is 1.47. The van der Waals surface area contributed by atoms with Gasteiger partial charge in [-0.1, -0.05) is 35.3 Å². The molecule has 7 heteroatoms. The lowest BCUT2D eigenvalue weighted by Crippen LogP contribution is -2.13. The molecule has 0 aliphatic carbocycles. The van der Waals surface area contributed by atoms with E-state index in [9.17, 15) is 4.79 Å². The number of ether oxygens (including phenoxy) is 1. The zero-order valence-electron chi connectivity index (χ0n) is 13.8. The van der Waals surface area contributed by atoms with Gasteiger partial charge in [0.2, 0.25) is 0 Å². The number of hydrogen-bond donors (Lipinski definition) is 2. The summed E-state index contributed by atoms with van der Waals surface area (Å²) < 4.78 is 5.18. The highest BCUT2D eigenvalue weighted by molar-refractivity contribution is 6.40. The number of amides is 1. The first-order chi connectivity index (χ1) is 12.6. The lowest BCUT2D eigenvalue weighted by atomic mass is 10.2. The lowest BCUT2D eigenvalue weighted by Gasteiger charge is -2.10. The molecular weight excluding hydrogens is 373 g/mol. The van der Waals surface area contributed by atoms with Crippen LogP contribution in [0.5, 0.6) is 5.75 Å². The molecule has 1 aromatic heterocycles. The molecule has 3 aromatic rings. The number of methoxy groups -OCH3 is 1. The van der Waals surface area contributed by atoms with Crippen molar-refractivity contribution in [2.75, 3.05) is 17.7 Å². The third kappa shape index (κ3) is 4.25. The summed E-state index contributed by atoms with van der Waals surface area (Å²) in [5, 5.41) is 6.59. The average molecular weight is 388 g/mol. The van der Waals surface area contributed by atoms with Gasteiger partial charge in [0.1, 0.15) is 11.6 Å². The van der Waals surface area contributed by atoms with Crippen molar-refractivity contribution in [3.63, 3.8) is 0 Å². The second-order valence-corrected chi connectivity index (χ2v) is 6.15. The van der Waals surface area contributed by atoms with E-state index in [1.54, 1.807) is 37.4 Å². The SMILES string of the molecule is COc1cccc(Nc2ccc(C(=O)Nc3c(Cl)cccc3Cl)cn2)c1. The van der Waals surface area contributed by atoms with Crippen molar-refractivity contribution in [1.82, 2.24) is 4.98 Å². The van der Waals surface area contributed by atoms with Crippen molar-refractivity contribution in [3.8, 4) is 5.75 Å². The van der Waals surface area contributed by atoms with Crippen LogP contribution in [0.25, 0.3) is 0 Å². The monoisotopic (exact) mass is 387 g/mol. The largest absolute Gasteiger partial charge is 0.497 e. The highest BCUT2D eigenvalue weighted by Crippen LogP contribution is 2.30. The number of rotatable bonds is 5. The third-order valence-corrected chi connectivity index (χ3v) is 4.20. The van der Waals surface area contributed by atoms with Crippen molar-refractivity contribution < 1.29 is 9.53 Å². The van der Waals surface area contributed by atoms with Crippen molar-refractivity contribution in [1.29, 1.82) is 0 Å². The Morgan fingerprint density at radius 2 is 1.77 bits per heavy atom. The second kappa shape index (κ2) is 8.08. The minimum absolute atomic E-state index is 0.347. The fraction of sp³-hybridized carbons (Fsp3) is 0.0526. The first kappa shape index (κ1) is 18.0. The molecule has 1 amide bonds. The summed E-state index contributed by atoms with van der Waals surface area (Å²) >= 11 is 12.1. The van der Waals surface area contributed by atoms with E-state index in [2.05, 4.69) is 15.6 Å². The molecule has 26 heavy (non-hydrogen) atoms. The minimum Gasteiger partial charge on any atom is -0.497 e. The van der Waals surface area contributed by atoms with E-state index in [0.29, 0.717) is 27.1 Å². The van der Waals surface area contributed by atoms with Crippen LogP contribution in [-0.4, -0.2) is 18.0 Å². The number of pyridine rings is 1. The summed E-state index contributed by atoms with van der Waals surface area (Å²) in [4.78, 5) is 16.6. The number of para-hydroxylation sites is 1. The Balaban J connectivity index is 1.71. The fourth-order valence-electron chi connectivity index (χ4n) is 2.25. The molecule has 0 aliphatic heterocycles. The molecule has 0 fully saturated rings. The van der Waals surface area contributed by atoms with Crippen LogP contribution in [0.3, 0.4) is 0 Å². The summed E-state index contributed by atoms with van der Waals surface area (Å²) in [5.41, 5.74) is 1.59. The molecule has 0 unspecified atom stereocenters. The normalized spacial score (nSPS) is 10.3. The number of carbonyl (C=O) groups is 1. The van der Waals surface area contributed by atoms with Crippen molar-refractivity contribution in [3.05, 3.63) is 76.4 Å². The van der Waals surface area contributed by atoms with Gasteiger partial charge >= 0.3 is 0 Å². The van der Waals surface area contributed by atoms with Gasteiger partial charge in [-0.25, -0.2) is 4.98 Å². The molecule has 0 bridgehead atoms. The summed E-state index contributed by atoms with van der Waals surface area (Å²) in [5.74, 6) is 0.994. The number of halogens is 2. The van der Waals surface area contributed by atoms with E-state index in [1.165, 1.54) is 6.20 Å². The average Bonchev–Trinajstić information content (AvgIpc) is 2.65. The van der Waals surface area contributed by atoms with Gasteiger partial charge in [0.15, 0.2) is 0 Å². The maximum absolute atomic E-state index is 12.4. The Morgan fingerprint density at radius 1 is 1.04 bits per heavy atom. The molecule has 5 nitrogen and oxygen atoms in total. The van der Waals surface area contributed by atoms with E-state index in [4.69, 9.17) is 27.9 Å². The van der Waals surface area contributed by atoms with Gasteiger partial charge in [-0.2, -0.15) is 0 Å². The molecule has 132 valence electrons. The van der Waals surface area contributed by atoms with E-state index in [-0.39, 0.29) is 5.91 Å². The Hall–Kier alpha value is -2.76. The van der Waals surface area contributed by atoms with Crippen molar-refractivity contribution in [2.24, 2.45) is 0 Å². The van der Waals surface area contributed by atoms with Crippen molar-refractivity contribution >= 4 is 46.3 Å². The third-order valence-electron chi connectivity index (χ3n) is 3.57. The number of aromatic nitrogens is 1. The molecule has 0 saturated carbocycles. The molecule has 0 spiro atoms. The predicted octanol–water partition coefficient (Wildman–Crippen LogP) is 5.39. The highest BCUT2D eigenvalue weighted by atomic mass is 35.5.